The molecule has 0 unspecified atom stereocenters. The third-order valence-electron chi connectivity index (χ3n) is 5.94. The molecule has 0 spiro atoms. The number of pyridine rings is 1. The zero-order valence-electron chi connectivity index (χ0n) is 21.3. The van der Waals surface area contributed by atoms with Gasteiger partial charge in [0.05, 0.1) is 17.8 Å². The number of nitrogens with zero attached hydrogens (tertiary/aromatic N) is 2. The zero-order chi connectivity index (χ0) is 27.0. The van der Waals surface area contributed by atoms with Gasteiger partial charge in [-0.3, -0.25) is 9.78 Å². The van der Waals surface area contributed by atoms with Crippen LogP contribution in [0.4, 0.5) is 0 Å². The molecule has 0 saturated heterocycles. The van der Waals surface area contributed by atoms with Crippen molar-refractivity contribution < 1.29 is 19.0 Å². The summed E-state index contributed by atoms with van der Waals surface area (Å²) in [5, 5.41) is 7.61. The third-order valence-corrected chi connectivity index (χ3v) is 6.22. The Labute approximate surface area is 231 Å². The summed E-state index contributed by atoms with van der Waals surface area (Å²) in [6.07, 6.45) is 3.17. The van der Waals surface area contributed by atoms with E-state index in [0.717, 1.165) is 21.7 Å². The second-order valence-corrected chi connectivity index (χ2v) is 9.01. The average molecular weight is 540 g/mol. The summed E-state index contributed by atoms with van der Waals surface area (Å²) in [7, 11) is 0. The Kier molecular flexibility index (Phi) is 8.19. The number of carbonyl (C=O) groups excluding carboxylic acids is 1. The summed E-state index contributed by atoms with van der Waals surface area (Å²) in [5.41, 5.74) is 4.84. The predicted octanol–water partition coefficient (Wildman–Crippen LogP) is 6.55. The number of halogens is 1. The van der Waals surface area contributed by atoms with E-state index in [2.05, 4.69) is 33.7 Å². The van der Waals surface area contributed by atoms with E-state index in [1.807, 2.05) is 55.5 Å². The van der Waals surface area contributed by atoms with Gasteiger partial charge in [-0.2, -0.15) is 5.10 Å². The zero-order valence-corrected chi connectivity index (χ0v) is 22.0. The van der Waals surface area contributed by atoms with Crippen LogP contribution in [0.1, 0.15) is 18.1 Å². The van der Waals surface area contributed by atoms with Crippen LogP contribution in [-0.2, 0) is 11.4 Å². The number of hydrogen-bond donors (Lipinski definition) is 1. The van der Waals surface area contributed by atoms with Crippen LogP contribution in [0.3, 0.4) is 0 Å². The van der Waals surface area contributed by atoms with Gasteiger partial charge in [0, 0.05) is 11.6 Å². The van der Waals surface area contributed by atoms with E-state index >= 15 is 0 Å². The quantitative estimate of drug-likeness (QED) is 0.161. The Morgan fingerprint density at radius 1 is 0.923 bits per heavy atom. The number of fused-ring (bicyclic) bond motifs is 2. The van der Waals surface area contributed by atoms with Crippen molar-refractivity contribution in [2.24, 2.45) is 5.10 Å². The number of ether oxygens (including phenoxy) is 3. The molecule has 1 N–H and O–H groups in total. The van der Waals surface area contributed by atoms with E-state index in [0.29, 0.717) is 46.6 Å². The fourth-order valence-electron chi connectivity index (χ4n) is 4.18. The first kappa shape index (κ1) is 26.0. The first-order chi connectivity index (χ1) is 19.1. The van der Waals surface area contributed by atoms with E-state index in [1.165, 1.54) is 6.21 Å². The number of hydrazone groups is 1. The number of carbonyl (C=O) groups is 1. The maximum atomic E-state index is 12.3. The van der Waals surface area contributed by atoms with Gasteiger partial charge in [-0.15, -0.1) is 0 Å². The maximum absolute atomic E-state index is 12.3. The molecule has 0 radical (unpaired) electrons. The molecule has 196 valence electrons. The molecule has 0 atom stereocenters. The van der Waals surface area contributed by atoms with Crippen molar-refractivity contribution in [3.8, 4) is 17.2 Å². The third kappa shape index (κ3) is 6.27. The number of rotatable bonds is 10. The van der Waals surface area contributed by atoms with E-state index in [9.17, 15) is 4.79 Å². The molecule has 0 aliphatic heterocycles. The van der Waals surface area contributed by atoms with Crippen LogP contribution in [-0.4, -0.2) is 30.3 Å². The highest BCUT2D eigenvalue weighted by atomic mass is 35.5. The molecule has 7 nitrogen and oxygen atoms in total. The lowest BCUT2D eigenvalue weighted by Crippen LogP contribution is -2.24. The van der Waals surface area contributed by atoms with Crippen LogP contribution >= 0.6 is 11.6 Å². The van der Waals surface area contributed by atoms with Crippen LogP contribution in [0, 0.1) is 0 Å². The molecule has 0 fully saturated rings. The van der Waals surface area contributed by atoms with Crippen molar-refractivity contribution in [2.75, 3.05) is 13.2 Å². The average Bonchev–Trinajstić information content (AvgIpc) is 2.96. The van der Waals surface area contributed by atoms with Crippen LogP contribution < -0.4 is 19.6 Å². The largest absolute Gasteiger partial charge is 0.490 e. The van der Waals surface area contributed by atoms with Crippen LogP contribution in [0.2, 0.25) is 5.02 Å². The molecule has 0 aliphatic rings. The minimum absolute atomic E-state index is 0.209. The first-order valence-electron chi connectivity index (χ1n) is 12.5. The SMILES string of the molecule is CCOc1cc(/C=N/NC(=O)COc2cccc3cccnc23)cc(Cl)c1OCc1cccc2ccccc12. The molecule has 0 bridgehead atoms. The predicted molar refractivity (Wildman–Crippen MR) is 154 cm³/mol. The summed E-state index contributed by atoms with van der Waals surface area (Å²) < 4.78 is 17.6. The topological polar surface area (TPSA) is 82.0 Å². The fourth-order valence-corrected chi connectivity index (χ4v) is 4.45. The van der Waals surface area contributed by atoms with E-state index in [1.54, 1.807) is 24.4 Å². The van der Waals surface area contributed by atoms with Crippen molar-refractivity contribution in [1.29, 1.82) is 0 Å². The number of hydrogen-bond acceptors (Lipinski definition) is 6. The lowest BCUT2D eigenvalue weighted by molar-refractivity contribution is -0.123. The van der Waals surface area contributed by atoms with E-state index < -0.39 is 5.91 Å². The van der Waals surface area contributed by atoms with Gasteiger partial charge in [0.1, 0.15) is 17.9 Å². The Morgan fingerprint density at radius 2 is 1.72 bits per heavy atom. The highest BCUT2D eigenvalue weighted by Crippen LogP contribution is 2.37. The van der Waals surface area contributed by atoms with Gasteiger partial charge in [-0.05, 0) is 53.1 Å². The monoisotopic (exact) mass is 539 g/mol. The lowest BCUT2D eigenvalue weighted by Gasteiger charge is -2.15. The molecule has 5 aromatic rings. The molecule has 0 saturated carbocycles. The van der Waals surface area contributed by atoms with Gasteiger partial charge in [0.2, 0.25) is 0 Å². The highest BCUT2D eigenvalue weighted by molar-refractivity contribution is 6.32. The molecule has 4 aromatic carbocycles. The number of para-hydroxylation sites is 1. The van der Waals surface area contributed by atoms with Gasteiger partial charge in [-0.1, -0.05) is 72.3 Å². The van der Waals surface area contributed by atoms with E-state index in [4.69, 9.17) is 25.8 Å². The molecule has 0 aliphatic carbocycles. The van der Waals surface area contributed by atoms with Gasteiger partial charge in [-0.25, -0.2) is 5.43 Å². The molecule has 1 heterocycles. The standard InChI is InChI=1S/C31H26ClN3O4/c1-2-37-28-17-21(16-26(32)31(28)39-19-24-11-5-9-22-8-3-4-13-25(22)24)18-34-35-29(36)20-38-27-14-6-10-23-12-7-15-33-30(23)27/h3-18H,2,19-20H2,1H3,(H,35,36)/b34-18+. The second-order valence-electron chi connectivity index (χ2n) is 8.60. The summed E-state index contributed by atoms with van der Waals surface area (Å²) in [4.78, 5) is 16.6. The smallest absolute Gasteiger partial charge is 0.277 e. The molecule has 39 heavy (non-hydrogen) atoms. The van der Waals surface area contributed by atoms with Gasteiger partial charge in [0.15, 0.2) is 18.1 Å². The maximum Gasteiger partial charge on any atom is 0.277 e. The van der Waals surface area contributed by atoms with Crippen molar-refractivity contribution in [2.45, 2.75) is 13.5 Å². The number of benzene rings is 4. The van der Waals surface area contributed by atoms with Crippen LogP contribution in [0.5, 0.6) is 17.2 Å². The Balaban J connectivity index is 1.23. The minimum Gasteiger partial charge on any atom is -0.490 e. The highest BCUT2D eigenvalue weighted by Gasteiger charge is 2.14. The summed E-state index contributed by atoms with van der Waals surface area (Å²) in [6, 6.07) is 27.1. The molecule has 1 amide bonds. The first-order valence-corrected chi connectivity index (χ1v) is 12.8. The number of amides is 1. The van der Waals surface area contributed by atoms with Gasteiger partial charge < -0.3 is 14.2 Å². The Bertz CT molecular complexity index is 1640. The number of nitrogens with one attached hydrogen (secondary N) is 1. The normalized spacial score (nSPS) is 11.1. The number of aromatic nitrogens is 1. The molecule has 8 heteroatoms. The Morgan fingerprint density at radius 3 is 2.62 bits per heavy atom. The van der Waals surface area contributed by atoms with Gasteiger partial charge in [0.25, 0.3) is 5.91 Å². The van der Waals surface area contributed by atoms with Gasteiger partial charge >= 0.3 is 0 Å². The van der Waals surface area contributed by atoms with Crippen molar-refractivity contribution in [1.82, 2.24) is 10.4 Å². The minimum atomic E-state index is -0.412. The molecule has 5 rings (SSSR count). The summed E-state index contributed by atoms with van der Waals surface area (Å²) >= 11 is 6.58. The second kappa shape index (κ2) is 12.3. The van der Waals surface area contributed by atoms with E-state index in [-0.39, 0.29) is 6.61 Å². The summed E-state index contributed by atoms with van der Waals surface area (Å²) in [5.74, 6) is 1.05. The van der Waals surface area contributed by atoms with Crippen molar-refractivity contribution >= 4 is 45.4 Å². The van der Waals surface area contributed by atoms with Crippen LogP contribution in [0.15, 0.2) is 96.2 Å². The fraction of sp³-hybridized carbons (Fsp3) is 0.129. The molecular weight excluding hydrogens is 514 g/mol. The lowest BCUT2D eigenvalue weighted by atomic mass is 10.1. The Hall–Kier alpha value is -4.62. The van der Waals surface area contributed by atoms with Crippen molar-refractivity contribution in [3.63, 3.8) is 0 Å². The van der Waals surface area contributed by atoms with Crippen LogP contribution in [0.25, 0.3) is 21.7 Å². The molecule has 1 aromatic heterocycles. The van der Waals surface area contributed by atoms with Crippen molar-refractivity contribution in [3.05, 3.63) is 107 Å². The molecular formula is C31H26ClN3O4. The summed E-state index contributed by atoms with van der Waals surface area (Å²) in [6.45, 7) is 2.43.